The normalized spacial score (nSPS) is 10.5. The largest absolute Gasteiger partial charge is 0.492 e. The molecule has 21 heavy (non-hydrogen) atoms. The zero-order valence-electron chi connectivity index (χ0n) is 13.2. The highest BCUT2D eigenvalue weighted by Gasteiger charge is 2.03. The van der Waals surface area contributed by atoms with Crippen LogP contribution in [-0.4, -0.2) is 50.3 Å². The summed E-state index contributed by atoms with van der Waals surface area (Å²) in [7, 11) is 0. The second-order valence-corrected chi connectivity index (χ2v) is 4.56. The van der Waals surface area contributed by atoms with Gasteiger partial charge < -0.3 is 19.7 Å². The minimum atomic E-state index is -0.259. The molecule has 0 radical (unpaired) electrons. The van der Waals surface area contributed by atoms with Gasteiger partial charge in [0.1, 0.15) is 18.9 Å². The number of hydrogen-bond acceptors (Lipinski definition) is 5. The van der Waals surface area contributed by atoms with Crippen LogP contribution < -0.4 is 10.1 Å². The molecule has 0 saturated carbocycles. The molecule has 0 aliphatic rings. The molecule has 5 nitrogen and oxygen atoms in total. The van der Waals surface area contributed by atoms with E-state index < -0.39 is 0 Å². The van der Waals surface area contributed by atoms with Gasteiger partial charge >= 0.3 is 5.97 Å². The first-order valence-corrected chi connectivity index (χ1v) is 7.54. The summed E-state index contributed by atoms with van der Waals surface area (Å²) < 4.78 is 10.6. The van der Waals surface area contributed by atoms with Crippen LogP contribution in [0.5, 0.6) is 5.75 Å². The van der Waals surface area contributed by atoms with Gasteiger partial charge in [-0.2, -0.15) is 0 Å². The molecule has 0 aromatic heterocycles. The van der Waals surface area contributed by atoms with Crippen molar-refractivity contribution in [3.05, 3.63) is 24.3 Å². The Labute approximate surface area is 127 Å². The Kier molecular flexibility index (Phi) is 8.28. The van der Waals surface area contributed by atoms with E-state index in [-0.39, 0.29) is 12.5 Å². The van der Waals surface area contributed by atoms with Crippen molar-refractivity contribution in [2.24, 2.45) is 0 Å². The third-order valence-corrected chi connectivity index (χ3v) is 3.15. The van der Waals surface area contributed by atoms with Gasteiger partial charge in [0, 0.05) is 18.3 Å². The first kappa shape index (κ1) is 17.3. The average Bonchev–Trinajstić information content (AvgIpc) is 2.50. The Morgan fingerprint density at radius 2 is 2.00 bits per heavy atom. The zero-order chi connectivity index (χ0) is 15.5. The SMILES string of the molecule is CCOC(=O)CNc1cccc(OCCN(CC)CC)c1. The molecular weight excluding hydrogens is 268 g/mol. The van der Waals surface area contributed by atoms with E-state index in [1.54, 1.807) is 6.92 Å². The van der Waals surface area contributed by atoms with Crippen LogP contribution in [0.4, 0.5) is 5.69 Å². The molecule has 0 aliphatic carbocycles. The zero-order valence-corrected chi connectivity index (χ0v) is 13.2. The monoisotopic (exact) mass is 294 g/mol. The molecule has 0 spiro atoms. The fourth-order valence-electron chi connectivity index (χ4n) is 1.91. The van der Waals surface area contributed by atoms with Gasteiger partial charge in [-0.1, -0.05) is 19.9 Å². The van der Waals surface area contributed by atoms with Gasteiger partial charge in [-0.25, -0.2) is 0 Å². The maximum atomic E-state index is 11.3. The van der Waals surface area contributed by atoms with Crippen molar-refractivity contribution in [1.29, 1.82) is 0 Å². The van der Waals surface area contributed by atoms with Gasteiger partial charge in [-0.05, 0) is 32.1 Å². The standard InChI is InChI=1S/C16H26N2O3/c1-4-18(5-2)10-11-21-15-9-7-8-14(12-15)17-13-16(19)20-6-3/h7-9,12,17H,4-6,10-11,13H2,1-3H3. The molecule has 5 heteroatoms. The number of carbonyl (C=O) groups is 1. The highest BCUT2D eigenvalue weighted by Crippen LogP contribution is 2.17. The third kappa shape index (κ3) is 6.99. The van der Waals surface area contributed by atoms with E-state index in [4.69, 9.17) is 9.47 Å². The maximum Gasteiger partial charge on any atom is 0.325 e. The lowest BCUT2D eigenvalue weighted by Gasteiger charge is -2.18. The molecule has 0 fully saturated rings. The van der Waals surface area contributed by atoms with E-state index in [9.17, 15) is 4.79 Å². The Morgan fingerprint density at radius 1 is 1.24 bits per heavy atom. The van der Waals surface area contributed by atoms with Crippen LogP contribution in [0.1, 0.15) is 20.8 Å². The van der Waals surface area contributed by atoms with Crippen molar-refractivity contribution in [3.8, 4) is 5.75 Å². The number of carbonyl (C=O) groups excluding carboxylic acids is 1. The number of likely N-dealkylation sites (N-methyl/N-ethyl adjacent to an activating group) is 1. The Hall–Kier alpha value is -1.75. The second kappa shape index (κ2) is 10.0. The second-order valence-electron chi connectivity index (χ2n) is 4.56. The minimum absolute atomic E-state index is 0.163. The van der Waals surface area contributed by atoms with Crippen molar-refractivity contribution in [1.82, 2.24) is 4.90 Å². The molecular formula is C16H26N2O3. The van der Waals surface area contributed by atoms with Gasteiger partial charge in [0.15, 0.2) is 0 Å². The van der Waals surface area contributed by atoms with E-state index in [1.165, 1.54) is 0 Å². The molecule has 0 aliphatic heterocycles. The predicted octanol–water partition coefficient (Wildman–Crippen LogP) is 2.38. The van der Waals surface area contributed by atoms with E-state index in [2.05, 4.69) is 24.1 Å². The van der Waals surface area contributed by atoms with Crippen LogP contribution in [-0.2, 0) is 9.53 Å². The molecule has 0 bridgehead atoms. The molecule has 1 aromatic carbocycles. The molecule has 1 N–H and O–H groups in total. The van der Waals surface area contributed by atoms with Crippen molar-refractivity contribution in [3.63, 3.8) is 0 Å². The first-order chi connectivity index (χ1) is 10.2. The molecule has 0 unspecified atom stereocenters. The van der Waals surface area contributed by atoms with Gasteiger partial charge in [-0.15, -0.1) is 0 Å². The first-order valence-electron chi connectivity index (χ1n) is 7.54. The van der Waals surface area contributed by atoms with E-state index >= 15 is 0 Å². The summed E-state index contributed by atoms with van der Waals surface area (Å²) in [4.78, 5) is 13.6. The lowest BCUT2D eigenvalue weighted by atomic mass is 10.3. The number of nitrogens with one attached hydrogen (secondary N) is 1. The summed E-state index contributed by atoms with van der Waals surface area (Å²) in [5.41, 5.74) is 0.850. The smallest absolute Gasteiger partial charge is 0.325 e. The van der Waals surface area contributed by atoms with Crippen molar-refractivity contribution in [2.45, 2.75) is 20.8 Å². The lowest BCUT2D eigenvalue weighted by Crippen LogP contribution is -2.27. The average molecular weight is 294 g/mol. The number of anilines is 1. The summed E-state index contributed by atoms with van der Waals surface area (Å²) >= 11 is 0. The topological polar surface area (TPSA) is 50.8 Å². The molecule has 1 rings (SSSR count). The molecule has 0 atom stereocenters. The van der Waals surface area contributed by atoms with E-state index in [0.717, 1.165) is 31.1 Å². The van der Waals surface area contributed by atoms with Crippen LogP contribution in [0.25, 0.3) is 0 Å². The molecule has 0 amide bonds. The third-order valence-electron chi connectivity index (χ3n) is 3.15. The Morgan fingerprint density at radius 3 is 2.67 bits per heavy atom. The molecule has 0 heterocycles. The predicted molar refractivity (Wildman–Crippen MR) is 84.8 cm³/mol. The summed E-state index contributed by atoms with van der Waals surface area (Å²) in [6, 6.07) is 7.61. The summed E-state index contributed by atoms with van der Waals surface area (Å²) in [6.45, 7) is 10.3. The van der Waals surface area contributed by atoms with Crippen LogP contribution >= 0.6 is 0 Å². The highest BCUT2D eigenvalue weighted by atomic mass is 16.5. The fourth-order valence-corrected chi connectivity index (χ4v) is 1.91. The van der Waals surface area contributed by atoms with E-state index in [0.29, 0.717) is 13.2 Å². The highest BCUT2D eigenvalue weighted by molar-refractivity contribution is 5.75. The molecule has 1 aromatic rings. The number of hydrogen-bond donors (Lipinski definition) is 1. The number of esters is 1. The van der Waals surface area contributed by atoms with E-state index in [1.807, 2.05) is 24.3 Å². The lowest BCUT2D eigenvalue weighted by molar-refractivity contribution is -0.140. The van der Waals surface area contributed by atoms with Crippen LogP contribution in [0, 0.1) is 0 Å². The summed E-state index contributed by atoms with van der Waals surface area (Å²) in [5.74, 6) is 0.543. The number of nitrogens with zero attached hydrogens (tertiary/aromatic N) is 1. The summed E-state index contributed by atoms with van der Waals surface area (Å²) in [5, 5.41) is 3.03. The molecule has 118 valence electrons. The maximum absolute atomic E-state index is 11.3. The van der Waals surface area contributed by atoms with Gasteiger partial charge in [0.25, 0.3) is 0 Å². The minimum Gasteiger partial charge on any atom is -0.492 e. The Balaban J connectivity index is 2.39. The van der Waals surface area contributed by atoms with Gasteiger partial charge in [0.05, 0.1) is 6.61 Å². The quantitative estimate of drug-likeness (QED) is 0.671. The number of benzene rings is 1. The fraction of sp³-hybridized carbons (Fsp3) is 0.562. The number of rotatable bonds is 10. The van der Waals surface area contributed by atoms with Crippen molar-refractivity contribution >= 4 is 11.7 Å². The Bertz CT molecular complexity index is 420. The van der Waals surface area contributed by atoms with Gasteiger partial charge in [0.2, 0.25) is 0 Å². The van der Waals surface area contributed by atoms with Crippen molar-refractivity contribution < 1.29 is 14.3 Å². The number of ether oxygens (including phenoxy) is 2. The van der Waals surface area contributed by atoms with Crippen LogP contribution in [0.2, 0.25) is 0 Å². The molecule has 0 saturated heterocycles. The van der Waals surface area contributed by atoms with Crippen LogP contribution in [0.15, 0.2) is 24.3 Å². The summed E-state index contributed by atoms with van der Waals surface area (Å²) in [6.07, 6.45) is 0. The van der Waals surface area contributed by atoms with Crippen LogP contribution in [0.3, 0.4) is 0 Å². The van der Waals surface area contributed by atoms with Gasteiger partial charge in [-0.3, -0.25) is 4.79 Å². The van der Waals surface area contributed by atoms with Crippen molar-refractivity contribution in [2.75, 3.05) is 44.7 Å².